The van der Waals surface area contributed by atoms with Crippen LogP contribution < -0.4 is 5.32 Å². The van der Waals surface area contributed by atoms with Gasteiger partial charge in [-0.2, -0.15) is 0 Å². The van der Waals surface area contributed by atoms with Gasteiger partial charge in [-0.15, -0.1) is 0 Å². The van der Waals surface area contributed by atoms with Crippen LogP contribution in [0.4, 0.5) is 4.39 Å². The van der Waals surface area contributed by atoms with Crippen molar-refractivity contribution in [2.75, 3.05) is 7.11 Å². The van der Waals surface area contributed by atoms with E-state index in [0.717, 1.165) is 5.56 Å². The molecule has 0 radical (unpaired) electrons. The first kappa shape index (κ1) is 17.1. The molecular weight excluding hydrogens is 365 g/mol. The van der Waals surface area contributed by atoms with Gasteiger partial charge in [-0.25, -0.2) is 9.18 Å². The molecule has 0 saturated carbocycles. The van der Waals surface area contributed by atoms with Gasteiger partial charge in [-0.3, -0.25) is 4.79 Å². The van der Waals surface area contributed by atoms with Gasteiger partial charge in [0.2, 0.25) is 0 Å². The fourth-order valence-electron chi connectivity index (χ4n) is 2.05. The lowest BCUT2D eigenvalue weighted by molar-refractivity contribution is 0.0599. The van der Waals surface area contributed by atoms with Crippen LogP contribution in [0.3, 0.4) is 0 Å². The lowest BCUT2D eigenvalue weighted by Gasteiger charge is -2.15. The third-order valence-electron chi connectivity index (χ3n) is 3.35. The van der Waals surface area contributed by atoms with Crippen molar-refractivity contribution in [3.63, 3.8) is 0 Å². The molecule has 2 aromatic rings. The number of ether oxygens (including phenoxy) is 1. The largest absolute Gasteiger partial charge is 0.465 e. The van der Waals surface area contributed by atoms with Crippen LogP contribution in [0.2, 0.25) is 0 Å². The van der Waals surface area contributed by atoms with Crippen molar-refractivity contribution in [1.29, 1.82) is 0 Å². The standard InChI is InChI=1S/C17H15BrFNO3/c1-10(11-3-6-13(19)7-4-11)20-16(21)12-5-8-15(18)14(9-12)17(22)23-2/h3-10H,1-2H3,(H,20,21). The Hall–Kier alpha value is -2.21. The van der Waals surface area contributed by atoms with Crippen LogP contribution in [0.25, 0.3) is 0 Å². The molecule has 6 heteroatoms. The molecule has 0 saturated heterocycles. The molecule has 1 atom stereocenters. The van der Waals surface area contributed by atoms with Gasteiger partial charge in [0.05, 0.1) is 18.7 Å². The summed E-state index contributed by atoms with van der Waals surface area (Å²) >= 11 is 3.25. The normalized spacial score (nSPS) is 11.7. The number of esters is 1. The van der Waals surface area contributed by atoms with Crippen molar-refractivity contribution >= 4 is 27.8 Å². The predicted molar refractivity (Wildman–Crippen MR) is 87.8 cm³/mol. The van der Waals surface area contributed by atoms with Crippen LogP contribution in [0.15, 0.2) is 46.9 Å². The third-order valence-corrected chi connectivity index (χ3v) is 4.04. The molecule has 2 aromatic carbocycles. The molecule has 0 aliphatic carbocycles. The van der Waals surface area contributed by atoms with Crippen LogP contribution in [0, 0.1) is 5.82 Å². The number of nitrogens with one attached hydrogen (secondary N) is 1. The van der Waals surface area contributed by atoms with E-state index in [4.69, 9.17) is 0 Å². The van der Waals surface area contributed by atoms with Crippen LogP contribution in [-0.2, 0) is 4.74 Å². The van der Waals surface area contributed by atoms with E-state index in [-0.39, 0.29) is 23.3 Å². The van der Waals surface area contributed by atoms with Gasteiger partial charge in [0.1, 0.15) is 5.82 Å². The Morgan fingerprint density at radius 2 is 1.83 bits per heavy atom. The maximum absolute atomic E-state index is 12.9. The van der Waals surface area contributed by atoms with Crippen molar-refractivity contribution in [2.45, 2.75) is 13.0 Å². The van der Waals surface area contributed by atoms with Crippen molar-refractivity contribution in [1.82, 2.24) is 5.32 Å². The van der Waals surface area contributed by atoms with Gasteiger partial charge >= 0.3 is 5.97 Å². The second-order valence-electron chi connectivity index (χ2n) is 4.93. The summed E-state index contributed by atoms with van der Waals surface area (Å²) in [4.78, 5) is 24.0. The number of amides is 1. The monoisotopic (exact) mass is 379 g/mol. The molecule has 0 aliphatic rings. The summed E-state index contributed by atoms with van der Waals surface area (Å²) in [6.45, 7) is 1.80. The Morgan fingerprint density at radius 1 is 1.17 bits per heavy atom. The second-order valence-corrected chi connectivity index (χ2v) is 5.79. The molecule has 1 N–H and O–H groups in total. The molecule has 0 heterocycles. The van der Waals surface area contributed by atoms with Gasteiger partial charge in [0.15, 0.2) is 0 Å². The molecule has 0 fully saturated rings. The molecule has 0 spiro atoms. The van der Waals surface area contributed by atoms with Crippen molar-refractivity contribution < 1.29 is 18.7 Å². The molecule has 23 heavy (non-hydrogen) atoms. The molecule has 2 rings (SSSR count). The van der Waals surface area contributed by atoms with Crippen LogP contribution in [-0.4, -0.2) is 19.0 Å². The SMILES string of the molecule is COC(=O)c1cc(C(=O)NC(C)c2ccc(F)cc2)ccc1Br. The van der Waals surface area contributed by atoms with Gasteiger partial charge in [0.25, 0.3) is 5.91 Å². The minimum atomic E-state index is -0.530. The smallest absolute Gasteiger partial charge is 0.339 e. The first-order chi connectivity index (χ1) is 10.9. The molecule has 0 bridgehead atoms. The Bertz CT molecular complexity index is 731. The lowest BCUT2D eigenvalue weighted by atomic mass is 10.1. The maximum atomic E-state index is 12.9. The summed E-state index contributed by atoms with van der Waals surface area (Å²) in [6, 6.07) is 10.3. The fourth-order valence-corrected chi connectivity index (χ4v) is 2.46. The van der Waals surface area contributed by atoms with Crippen LogP contribution in [0.1, 0.15) is 39.2 Å². The number of hydrogen-bond acceptors (Lipinski definition) is 3. The molecular formula is C17H15BrFNO3. The summed E-state index contributed by atoms with van der Waals surface area (Å²) in [7, 11) is 1.28. The Balaban J connectivity index is 2.17. The van der Waals surface area contributed by atoms with Gasteiger partial charge in [0, 0.05) is 10.0 Å². The number of carbonyl (C=O) groups excluding carboxylic acids is 2. The van der Waals surface area contributed by atoms with E-state index in [1.54, 1.807) is 31.2 Å². The molecule has 0 aromatic heterocycles. The van der Waals surface area contributed by atoms with E-state index in [0.29, 0.717) is 10.0 Å². The maximum Gasteiger partial charge on any atom is 0.339 e. The quantitative estimate of drug-likeness (QED) is 0.820. The van der Waals surface area contributed by atoms with Crippen molar-refractivity contribution in [3.8, 4) is 0 Å². The molecule has 1 amide bonds. The van der Waals surface area contributed by atoms with Crippen molar-refractivity contribution in [2.24, 2.45) is 0 Å². The first-order valence-electron chi connectivity index (χ1n) is 6.86. The van der Waals surface area contributed by atoms with Gasteiger partial charge in [-0.1, -0.05) is 12.1 Å². The molecule has 1 unspecified atom stereocenters. The Labute approximate surface area is 141 Å². The van der Waals surface area contributed by atoms with E-state index < -0.39 is 5.97 Å². The van der Waals surface area contributed by atoms with E-state index in [1.165, 1.54) is 25.3 Å². The van der Waals surface area contributed by atoms with Crippen LogP contribution >= 0.6 is 15.9 Å². The van der Waals surface area contributed by atoms with E-state index in [2.05, 4.69) is 26.0 Å². The Morgan fingerprint density at radius 3 is 2.43 bits per heavy atom. The van der Waals surface area contributed by atoms with Gasteiger partial charge < -0.3 is 10.1 Å². The Kier molecular flexibility index (Phi) is 5.50. The zero-order chi connectivity index (χ0) is 17.0. The minimum Gasteiger partial charge on any atom is -0.465 e. The number of methoxy groups -OCH3 is 1. The minimum absolute atomic E-state index is 0.273. The van der Waals surface area contributed by atoms with E-state index >= 15 is 0 Å². The zero-order valence-electron chi connectivity index (χ0n) is 12.6. The summed E-state index contributed by atoms with van der Waals surface area (Å²) < 4.78 is 18.2. The van der Waals surface area contributed by atoms with Crippen LogP contribution in [0.5, 0.6) is 0 Å². The summed E-state index contributed by atoms with van der Waals surface area (Å²) in [5, 5.41) is 2.81. The number of rotatable bonds is 4. The average molecular weight is 380 g/mol. The zero-order valence-corrected chi connectivity index (χ0v) is 14.2. The summed E-state index contributed by atoms with van der Waals surface area (Å²) in [5.41, 5.74) is 1.39. The van der Waals surface area contributed by atoms with E-state index in [9.17, 15) is 14.0 Å². The average Bonchev–Trinajstić information content (AvgIpc) is 2.55. The van der Waals surface area contributed by atoms with Crippen molar-refractivity contribution in [3.05, 3.63) is 69.4 Å². The fraction of sp³-hybridized carbons (Fsp3) is 0.176. The summed E-state index contributed by atoms with van der Waals surface area (Å²) in [5.74, 6) is -1.19. The lowest BCUT2D eigenvalue weighted by Crippen LogP contribution is -2.26. The topological polar surface area (TPSA) is 55.4 Å². The number of benzene rings is 2. The predicted octanol–water partition coefficient (Wildman–Crippen LogP) is 3.87. The first-order valence-corrected chi connectivity index (χ1v) is 7.66. The number of carbonyl (C=O) groups is 2. The number of halogens is 2. The number of hydrogen-bond donors (Lipinski definition) is 1. The third kappa shape index (κ3) is 4.16. The molecule has 0 aliphatic heterocycles. The highest BCUT2D eigenvalue weighted by molar-refractivity contribution is 9.10. The summed E-state index contributed by atoms with van der Waals surface area (Å²) in [6.07, 6.45) is 0. The van der Waals surface area contributed by atoms with Gasteiger partial charge in [-0.05, 0) is 58.7 Å². The second kappa shape index (κ2) is 7.37. The molecule has 4 nitrogen and oxygen atoms in total. The highest BCUT2D eigenvalue weighted by Gasteiger charge is 2.16. The molecule has 120 valence electrons. The van der Waals surface area contributed by atoms with E-state index in [1.807, 2.05) is 0 Å². The highest BCUT2D eigenvalue weighted by atomic mass is 79.9. The highest BCUT2D eigenvalue weighted by Crippen LogP contribution is 2.20.